The average Bonchev–Trinajstić information content (AvgIpc) is 2.44. The molecule has 0 radical (unpaired) electrons. The lowest BCUT2D eigenvalue weighted by Gasteiger charge is -2.11. The lowest BCUT2D eigenvalue weighted by atomic mass is 10.3. The van der Waals surface area contributed by atoms with Crippen LogP contribution < -0.4 is 5.32 Å². The van der Waals surface area contributed by atoms with Crippen LogP contribution in [0.15, 0.2) is 41.8 Å². The number of thioether (sulfide) groups is 1. The predicted octanol–water partition coefficient (Wildman–Crippen LogP) is 3.39. The summed E-state index contributed by atoms with van der Waals surface area (Å²) in [6, 6.07) is 5.73. The van der Waals surface area contributed by atoms with Crippen molar-refractivity contribution in [2.24, 2.45) is 0 Å². The molecule has 2 aromatic rings. The number of anilines is 1. The Hall–Kier alpha value is -1.66. The summed E-state index contributed by atoms with van der Waals surface area (Å²) in [6.45, 7) is 1.74. The molecule has 20 heavy (non-hydrogen) atoms. The van der Waals surface area contributed by atoms with Gasteiger partial charge in [-0.15, -0.1) is 0 Å². The fourth-order valence-corrected chi connectivity index (χ4v) is 2.28. The standard InChI is InChI=1S/C13H11ClFN3OS/c1-8(20-13-16-5-2-6-17-13)12(19)18-9-3-4-11(15)10(14)7-9/h2-8H,1H3,(H,18,19). The molecule has 1 aromatic heterocycles. The van der Waals surface area contributed by atoms with Gasteiger partial charge in [-0.1, -0.05) is 23.4 Å². The molecule has 0 saturated carbocycles. The highest BCUT2D eigenvalue weighted by atomic mass is 35.5. The van der Waals surface area contributed by atoms with E-state index in [0.717, 1.165) is 0 Å². The minimum atomic E-state index is -0.523. The number of carbonyl (C=O) groups is 1. The second-order valence-corrected chi connectivity index (χ2v) is 5.62. The lowest BCUT2D eigenvalue weighted by Crippen LogP contribution is -2.22. The quantitative estimate of drug-likeness (QED) is 0.694. The van der Waals surface area contributed by atoms with Gasteiger partial charge in [-0.05, 0) is 31.2 Å². The first-order valence-electron chi connectivity index (χ1n) is 5.76. The molecule has 1 unspecified atom stereocenters. The van der Waals surface area contributed by atoms with Crippen molar-refractivity contribution in [3.63, 3.8) is 0 Å². The Balaban J connectivity index is 1.99. The number of halogens is 2. The molecule has 0 bridgehead atoms. The van der Waals surface area contributed by atoms with E-state index in [1.165, 1.54) is 30.0 Å². The molecule has 0 fully saturated rings. The van der Waals surface area contributed by atoms with Gasteiger partial charge in [-0.2, -0.15) is 0 Å². The summed E-state index contributed by atoms with van der Waals surface area (Å²) in [4.78, 5) is 20.1. The van der Waals surface area contributed by atoms with Crippen molar-refractivity contribution < 1.29 is 9.18 Å². The molecule has 0 aliphatic heterocycles. The summed E-state index contributed by atoms with van der Waals surface area (Å²) in [5, 5.41) is 2.76. The smallest absolute Gasteiger partial charge is 0.237 e. The Kier molecular flexibility index (Phi) is 4.92. The average molecular weight is 312 g/mol. The van der Waals surface area contributed by atoms with Crippen LogP contribution in [-0.2, 0) is 4.79 Å². The van der Waals surface area contributed by atoms with E-state index in [-0.39, 0.29) is 16.2 Å². The summed E-state index contributed by atoms with van der Waals surface area (Å²) >= 11 is 6.89. The first kappa shape index (κ1) is 14.7. The summed E-state index contributed by atoms with van der Waals surface area (Å²) in [7, 11) is 0. The molecule has 4 nitrogen and oxygen atoms in total. The molecule has 7 heteroatoms. The maximum atomic E-state index is 13.0. The molecular formula is C13H11ClFN3OS. The lowest BCUT2D eigenvalue weighted by molar-refractivity contribution is -0.115. The predicted molar refractivity (Wildman–Crippen MR) is 77.4 cm³/mol. The fraction of sp³-hybridized carbons (Fsp3) is 0.154. The molecule has 1 amide bonds. The third kappa shape index (κ3) is 3.91. The Morgan fingerprint density at radius 3 is 2.75 bits per heavy atom. The van der Waals surface area contributed by atoms with Crippen LogP contribution in [0.3, 0.4) is 0 Å². The van der Waals surface area contributed by atoms with Crippen LogP contribution in [0.4, 0.5) is 10.1 Å². The van der Waals surface area contributed by atoms with Crippen LogP contribution in [0.5, 0.6) is 0 Å². The van der Waals surface area contributed by atoms with Gasteiger partial charge in [0.15, 0.2) is 5.16 Å². The molecule has 1 atom stereocenters. The van der Waals surface area contributed by atoms with Gasteiger partial charge in [0.1, 0.15) is 5.82 Å². The van der Waals surface area contributed by atoms with Gasteiger partial charge in [0.2, 0.25) is 5.91 Å². The Labute approximate surface area is 124 Å². The molecule has 1 N–H and O–H groups in total. The van der Waals surface area contributed by atoms with Crippen LogP contribution in [0.25, 0.3) is 0 Å². The second kappa shape index (κ2) is 6.67. The summed E-state index contributed by atoms with van der Waals surface area (Å²) in [5.41, 5.74) is 0.447. The van der Waals surface area contributed by atoms with Crippen LogP contribution in [0, 0.1) is 5.82 Å². The summed E-state index contributed by atoms with van der Waals surface area (Å²) < 4.78 is 13.0. The van der Waals surface area contributed by atoms with E-state index < -0.39 is 5.82 Å². The molecule has 0 spiro atoms. The zero-order valence-electron chi connectivity index (χ0n) is 10.5. The molecular weight excluding hydrogens is 301 g/mol. The number of nitrogens with zero attached hydrogens (tertiary/aromatic N) is 2. The molecule has 1 heterocycles. The summed E-state index contributed by atoms with van der Waals surface area (Å²) in [6.07, 6.45) is 3.22. The summed E-state index contributed by atoms with van der Waals surface area (Å²) in [5.74, 6) is -0.755. The number of rotatable bonds is 4. The van der Waals surface area contributed by atoms with Crippen molar-refractivity contribution in [1.29, 1.82) is 0 Å². The minimum absolute atomic E-state index is 0.0329. The number of benzene rings is 1. The zero-order valence-corrected chi connectivity index (χ0v) is 12.1. The number of hydrogen-bond acceptors (Lipinski definition) is 4. The number of amides is 1. The SMILES string of the molecule is CC(Sc1ncccn1)C(=O)Nc1ccc(F)c(Cl)c1. The molecule has 104 valence electrons. The highest BCUT2D eigenvalue weighted by Gasteiger charge is 2.16. The van der Waals surface area contributed by atoms with Gasteiger partial charge < -0.3 is 5.32 Å². The van der Waals surface area contributed by atoms with Gasteiger partial charge in [0.25, 0.3) is 0 Å². The van der Waals surface area contributed by atoms with E-state index in [0.29, 0.717) is 10.8 Å². The Morgan fingerprint density at radius 2 is 2.10 bits per heavy atom. The van der Waals surface area contributed by atoms with Crippen molar-refractivity contribution in [2.45, 2.75) is 17.3 Å². The van der Waals surface area contributed by atoms with Crippen molar-refractivity contribution in [3.05, 3.63) is 47.5 Å². The monoisotopic (exact) mass is 311 g/mol. The number of hydrogen-bond donors (Lipinski definition) is 1. The zero-order chi connectivity index (χ0) is 14.5. The molecule has 0 aliphatic carbocycles. The number of aromatic nitrogens is 2. The van der Waals surface area contributed by atoms with Gasteiger partial charge in [0, 0.05) is 18.1 Å². The molecule has 1 aromatic carbocycles. The number of carbonyl (C=O) groups excluding carboxylic acids is 1. The van der Waals surface area contributed by atoms with Crippen molar-refractivity contribution >= 4 is 35.0 Å². The van der Waals surface area contributed by atoms with E-state index in [9.17, 15) is 9.18 Å². The minimum Gasteiger partial charge on any atom is -0.325 e. The van der Waals surface area contributed by atoms with Crippen molar-refractivity contribution in [2.75, 3.05) is 5.32 Å². The maximum absolute atomic E-state index is 13.0. The maximum Gasteiger partial charge on any atom is 0.237 e. The Bertz CT molecular complexity index is 612. The first-order chi connectivity index (χ1) is 9.56. The van der Waals surface area contributed by atoms with Crippen LogP contribution >= 0.6 is 23.4 Å². The van der Waals surface area contributed by atoms with Crippen molar-refractivity contribution in [3.8, 4) is 0 Å². The largest absolute Gasteiger partial charge is 0.325 e. The van der Waals surface area contributed by atoms with E-state index in [1.807, 2.05) is 0 Å². The normalized spacial score (nSPS) is 11.9. The third-order valence-corrected chi connectivity index (χ3v) is 3.66. The Morgan fingerprint density at radius 1 is 1.40 bits per heavy atom. The van der Waals surface area contributed by atoms with Gasteiger partial charge in [-0.25, -0.2) is 14.4 Å². The highest BCUT2D eigenvalue weighted by Crippen LogP contribution is 2.22. The molecule has 0 aliphatic rings. The van der Waals surface area contributed by atoms with Crippen LogP contribution in [0.2, 0.25) is 5.02 Å². The van der Waals surface area contributed by atoms with E-state index in [1.54, 1.807) is 25.4 Å². The third-order valence-electron chi connectivity index (χ3n) is 2.38. The van der Waals surface area contributed by atoms with Crippen LogP contribution in [-0.4, -0.2) is 21.1 Å². The molecule has 0 saturated heterocycles. The second-order valence-electron chi connectivity index (χ2n) is 3.91. The van der Waals surface area contributed by atoms with E-state index in [2.05, 4.69) is 15.3 Å². The van der Waals surface area contributed by atoms with Gasteiger partial charge in [-0.3, -0.25) is 4.79 Å². The highest BCUT2D eigenvalue weighted by molar-refractivity contribution is 8.00. The fourth-order valence-electron chi connectivity index (χ4n) is 1.38. The van der Waals surface area contributed by atoms with Gasteiger partial charge >= 0.3 is 0 Å². The van der Waals surface area contributed by atoms with Gasteiger partial charge in [0.05, 0.1) is 10.3 Å². The van der Waals surface area contributed by atoms with E-state index >= 15 is 0 Å². The topological polar surface area (TPSA) is 54.9 Å². The van der Waals surface area contributed by atoms with Crippen molar-refractivity contribution in [1.82, 2.24) is 9.97 Å². The molecule has 2 rings (SSSR count). The first-order valence-corrected chi connectivity index (χ1v) is 7.01. The van der Waals surface area contributed by atoms with E-state index in [4.69, 9.17) is 11.6 Å². The van der Waals surface area contributed by atoms with Crippen LogP contribution in [0.1, 0.15) is 6.92 Å². The number of nitrogens with one attached hydrogen (secondary N) is 1.